The lowest BCUT2D eigenvalue weighted by Crippen LogP contribution is -2.24. The molecule has 0 aromatic carbocycles. The fourth-order valence-corrected chi connectivity index (χ4v) is 2.60. The number of carboxylic acids is 1. The van der Waals surface area contributed by atoms with Crippen LogP contribution < -0.4 is 0 Å². The number of carbonyl (C=O) groups is 1. The van der Waals surface area contributed by atoms with Crippen LogP contribution in [0.15, 0.2) is 6.20 Å². The van der Waals surface area contributed by atoms with Gasteiger partial charge in [0.15, 0.2) is 4.77 Å². The number of aromatic nitrogens is 2. The van der Waals surface area contributed by atoms with Crippen LogP contribution >= 0.6 is 24.0 Å². The number of carboxylic acid groups (broad SMARTS) is 1. The number of nitrogens with one attached hydrogen (secondary N) is 1. The summed E-state index contributed by atoms with van der Waals surface area (Å²) in [6, 6.07) is 0. The maximum atomic E-state index is 10.8. The molecule has 0 fully saturated rings. The van der Waals surface area contributed by atoms with Gasteiger partial charge in [0, 0.05) is 17.6 Å². The van der Waals surface area contributed by atoms with Crippen molar-refractivity contribution in [1.29, 1.82) is 0 Å². The third-order valence-electron chi connectivity index (χ3n) is 2.09. The molecule has 1 aromatic heterocycles. The molecule has 2 rings (SSSR count). The smallest absolute Gasteiger partial charge is 0.316 e. The number of nitrogens with zero attached hydrogens (tertiary/aromatic N) is 1. The van der Waals surface area contributed by atoms with E-state index in [9.17, 15) is 4.79 Å². The van der Waals surface area contributed by atoms with Crippen LogP contribution in [0.5, 0.6) is 0 Å². The highest BCUT2D eigenvalue weighted by Crippen LogP contribution is 2.28. The van der Waals surface area contributed by atoms with Gasteiger partial charge in [0.25, 0.3) is 0 Å². The minimum absolute atomic E-state index is 0.353. The Bertz CT molecular complexity index is 430. The molecule has 0 aliphatic carbocycles. The summed E-state index contributed by atoms with van der Waals surface area (Å²) in [5, 5.41) is 8.49. The number of aliphatic carboxylic acids is 1. The molecule has 2 heterocycles. The molecule has 1 aromatic rings. The van der Waals surface area contributed by atoms with Crippen LogP contribution in [0, 0.1) is 4.77 Å². The van der Waals surface area contributed by atoms with Crippen LogP contribution in [-0.4, -0.2) is 26.3 Å². The summed E-state index contributed by atoms with van der Waals surface area (Å²) in [5.74, 6) is -0.0959. The molecule has 1 unspecified atom stereocenters. The molecule has 6 heteroatoms. The average molecular weight is 228 g/mol. The van der Waals surface area contributed by atoms with E-state index in [1.807, 2.05) is 0 Å². The number of hydrogen-bond donors (Lipinski definition) is 2. The first-order chi connectivity index (χ1) is 6.66. The van der Waals surface area contributed by atoms with Crippen LogP contribution in [0.2, 0.25) is 0 Å². The van der Waals surface area contributed by atoms with Gasteiger partial charge < -0.3 is 10.1 Å². The van der Waals surface area contributed by atoms with Crippen molar-refractivity contribution in [3.8, 4) is 0 Å². The second kappa shape index (κ2) is 3.70. The first kappa shape index (κ1) is 9.67. The van der Waals surface area contributed by atoms with E-state index in [0.29, 0.717) is 16.9 Å². The van der Waals surface area contributed by atoms with Crippen molar-refractivity contribution in [3.05, 3.63) is 22.2 Å². The van der Waals surface area contributed by atoms with E-state index in [0.717, 1.165) is 11.3 Å². The lowest BCUT2D eigenvalue weighted by molar-refractivity contribution is -0.136. The molecule has 0 saturated carbocycles. The van der Waals surface area contributed by atoms with Gasteiger partial charge in [-0.05, 0) is 24.2 Å². The lowest BCUT2D eigenvalue weighted by Gasteiger charge is -2.19. The Balaban J connectivity index is 2.31. The van der Waals surface area contributed by atoms with Gasteiger partial charge in [-0.25, -0.2) is 4.98 Å². The second-order valence-electron chi connectivity index (χ2n) is 3.03. The molecule has 0 radical (unpaired) electrons. The van der Waals surface area contributed by atoms with Crippen LogP contribution in [0.1, 0.15) is 11.3 Å². The number of aromatic amines is 1. The molecular formula is C8H8N2O2S2. The van der Waals surface area contributed by atoms with E-state index in [-0.39, 0.29) is 5.25 Å². The predicted octanol–water partition coefficient (Wildman–Crippen LogP) is 1.38. The quantitative estimate of drug-likeness (QED) is 0.711. The third kappa shape index (κ3) is 1.80. The fraction of sp³-hybridized carbons (Fsp3) is 0.375. The molecule has 0 saturated heterocycles. The van der Waals surface area contributed by atoms with Crippen LogP contribution in [0.4, 0.5) is 0 Å². The molecule has 2 N–H and O–H groups in total. The van der Waals surface area contributed by atoms with Gasteiger partial charge in [0.2, 0.25) is 0 Å². The number of hydrogen-bond acceptors (Lipinski definition) is 4. The van der Waals surface area contributed by atoms with Crippen LogP contribution in [0.3, 0.4) is 0 Å². The molecule has 4 nitrogen and oxygen atoms in total. The van der Waals surface area contributed by atoms with E-state index in [1.54, 1.807) is 6.20 Å². The van der Waals surface area contributed by atoms with E-state index >= 15 is 0 Å². The van der Waals surface area contributed by atoms with Gasteiger partial charge in [-0.3, -0.25) is 4.79 Å². The molecule has 1 aliphatic heterocycles. The Kier molecular flexibility index (Phi) is 2.56. The Labute approximate surface area is 89.8 Å². The summed E-state index contributed by atoms with van der Waals surface area (Å²) in [5.41, 5.74) is 1.97. The van der Waals surface area contributed by atoms with Crippen molar-refractivity contribution in [2.24, 2.45) is 0 Å². The van der Waals surface area contributed by atoms with E-state index in [2.05, 4.69) is 9.97 Å². The Morgan fingerprint density at radius 3 is 3.29 bits per heavy atom. The molecule has 0 amide bonds. The molecule has 0 spiro atoms. The van der Waals surface area contributed by atoms with E-state index < -0.39 is 5.97 Å². The summed E-state index contributed by atoms with van der Waals surface area (Å²) >= 11 is 6.30. The molecule has 74 valence electrons. The van der Waals surface area contributed by atoms with Crippen molar-refractivity contribution >= 4 is 29.9 Å². The average Bonchev–Trinajstić information content (AvgIpc) is 2.16. The van der Waals surface area contributed by atoms with Crippen molar-refractivity contribution in [1.82, 2.24) is 9.97 Å². The first-order valence-corrected chi connectivity index (χ1v) is 5.54. The Hall–Kier alpha value is -0.880. The van der Waals surface area contributed by atoms with Gasteiger partial charge in [0.1, 0.15) is 5.25 Å². The van der Waals surface area contributed by atoms with Gasteiger partial charge >= 0.3 is 5.97 Å². The third-order valence-corrected chi connectivity index (χ3v) is 3.53. The highest BCUT2D eigenvalue weighted by molar-refractivity contribution is 7.99. The van der Waals surface area contributed by atoms with Crippen molar-refractivity contribution < 1.29 is 9.90 Å². The van der Waals surface area contributed by atoms with Gasteiger partial charge in [-0.2, -0.15) is 0 Å². The Morgan fingerprint density at radius 2 is 2.57 bits per heavy atom. The zero-order valence-electron chi connectivity index (χ0n) is 7.19. The maximum absolute atomic E-state index is 10.8. The molecule has 14 heavy (non-hydrogen) atoms. The number of H-pyrrole nitrogens is 1. The largest absolute Gasteiger partial charge is 0.480 e. The number of fused-ring (bicyclic) bond motifs is 1. The Morgan fingerprint density at radius 1 is 1.79 bits per heavy atom. The van der Waals surface area contributed by atoms with Gasteiger partial charge in [-0.15, -0.1) is 11.8 Å². The molecule has 0 bridgehead atoms. The van der Waals surface area contributed by atoms with Crippen LogP contribution in [0.25, 0.3) is 0 Å². The van der Waals surface area contributed by atoms with E-state index in [4.69, 9.17) is 17.3 Å². The molecule has 1 aliphatic rings. The zero-order chi connectivity index (χ0) is 10.1. The maximum Gasteiger partial charge on any atom is 0.316 e. The topological polar surface area (TPSA) is 66.0 Å². The predicted molar refractivity (Wildman–Crippen MR) is 55.8 cm³/mol. The van der Waals surface area contributed by atoms with Gasteiger partial charge in [-0.1, -0.05) is 0 Å². The minimum Gasteiger partial charge on any atom is -0.480 e. The summed E-state index contributed by atoms with van der Waals surface area (Å²) < 4.78 is 0.457. The lowest BCUT2D eigenvalue weighted by atomic mass is 10.1. The van der Waals surface area contributed by atoms with Crippen LogP contribution in [-0.2, 0) is 17.0 Å². The number of thioether (sulfide) groups is 1. The monoisotopic (exact) mass is 228 g/mol. The standard InChI is InChI=1S/C8H8N2O2S2/c11-7(12)6-1-4-2-9-8(13)10-5(4)3-14-6/h2,6H,1,3H2,(H,11,12)(H,9,10,13). The highest BCUT2D eigenvalue weighted by atomic mass is 32.2. The minimum atomic E-state index is -0.761. The normalized spacial score (nSPS) is 20.1. The summed E-state index contributed by atoms with van der Waals surface area (Å²) in [6.45, 7) is 0. The van der Waals surface area contributed by atoms with Crippen molar-refractivity contribution in [2.45, 2.75) is 17.4 Å². The SMILES string of the molecule is O=C(O)C1Cc2cnc(=S)[nH]c2CS1. The highest BCUT2D eigenvalue weighted by Gasteiger charge is 2.25. The first-order valence-electron chi connectivity index (χ1n) is 4.08. The number of rotatable bonds is 1. The van der Waals surface area contributed by atoms with Crippen molar-refractivity contribution in [3.63, 3.8) is 0 Å². The molecule has 1 atom stereocenters. The summed E-state index contributed by atoms with van der Waals surface area (Å²) in [7, 11) is 0. The zero-order valence-corrected chi connectivity index (χ0v) is 8.82. The fourth-order valence-electron chi connectivity index (χ4n) is 1.36. The molecular weight excluding hydrogens is 220 g/mol. The van der Waals surface area contributed by atoms with E-state index in [1.165, 1.54) is 11.8 Å². The second-order valence-corrected chi connectivity index (χ2v) is 4.61. The van der Waals surface area contributed by atoms with Crippen molar-refractivity contribution in [2.75, 3.05) is 0 Å². The summed E-state index contributed by atoms with van der Waals surface area (Å²) in [4.78, 5) is 17.7. The van der Waals surface area contributed by atoms with Gasteiger partial charge in [0.05, 0.1) is 0 Å². The summed E-state index contributed by atoms with van der Waals surface area (Å²) in [6.07, 6.45) is 2.19.